The van der Waals surface area contributed by atoms with Crippen molar-refractivity contribution in [2.75, 3.05) is 32.0 Å². The van der Waals surface area contributed by atoms with Crippen molar-refractivity contribution in [1.82, 2.24) is 15.5 Å². The molecule has 1 atom stereocenters. The number of halogens is 1. The summed E-state index contributed by atoms with van der Waals surface area (Å²) >= 11 is 0. The van der Waals surface area contributed by atoms with Gasteiger partial charge < -0.3 is 20.9 Å². The summed E-state index contributed by atoms with van der Waals surface area (Å²) < 4.78 is 0. The maximum Gasteiger partial charge on any atom is 0.319 e. The minimum Gasteiger partial charge on any atom is -0.341 e. The molecule has 0 bridgehead atoms. The quantitative estimate of drug-likeness (QED) is 0.758. The summed E-state index contributed by atoms with van der Waals surface area (Å²) in [6.07, 6.45) is 2.02. The van der Waals surface area contributed by atoms with Gasteiger partial charge in [0.05, 0.1) is 0 Å². The Kier molecular flexibility index (Phi) is 8.57. The predicted octanol–water partition coefficient (Wildman–Crippen LogP) is 2.08. The lowest BCUT2D eigenvalue weighted by Gasteiger charge is -2.33. The normalized spacial score (nSPS) is 16.0. The monoisotopic (exact) mass is 354 g/mol. The van der Waals surface area contributed by atoms with E-state index in [4.69, 9.17) is 0 Å². The molecule has 0 aliphatic carbocycles. The number of hydrogen-bond donors (Lipinski definition) is 3. The molecule has 3 amide bonds. The maximum atomic E-state index is 12.4. The number of likely N-dealkylation sites (tertiary alicyclic amines) is 1. The van der Waals surface area contributed by atoms with Crippen LogP contribution < -0.4 is 16.0 Å². The van der Waals surface area contributed by atoms with Crippen LogP contribution in [-0.2, 0) is 4.79 Å². The molecular weight excluding hydrogens is 328 g/mol. The predicted molar refractivity (Wildman–Crippen MR) is 98.5 cm³/mol. The second-order valence-corrected chi connectivity index (χ2v) is 6.01. The zero-order valence-electron chi connectivity index (χ0n) is 14.2. The number of piperidine rings is 1. The molecule has 1 aliphatic heterocycles. The van der Waals surface area contributed by atoms with Crippen molar-refractivity contribution in [1.29, 1.82) is 0 Å². The number of para-hydroxylation sites is 1. The van der Waals surface area contributed by atoms with Gasteiger partial charge >= 0.3 is 6.03 Å². The molecular formula is C17H27ClN4O2. The minimum atomic E-state index is -0.528. The Labute approximate surface area is 149 Å². The summed E-state index contributed by atoms with van der Waals surface area (Å²) in [5.41, 5.74) is 0.706. The lowest BCUT2D eigenvalue weighted by molar-refractivity contribution is -0.134. The molecule has 7 heteroatoms. The number of benzene rings is 1. The second kappa shape index (κ2) is 10.2. The third-order valence-electron chi connectivity index (χ3n) is 4.17. The molecule has 1 aliphatic rings. The maximum absolute atomic E-state index is 12.4. The van der Waals surface area contributed by atoms with Gasteiger partial charge in [-0.1, -0.05) is 18.2 Å². The van der Waals surface area contributed by atoms with E-state index in [-0.39, 0.29) is 24.3 Å². The van der Waals surface area contributed by atoms with Crippen molar-refractivity contribution in [2.24, 2.45) is 5.92 Å². The first kappa shape index (κ1) is 20.3. The number of rotatable bonds is 5. The highest BCUT2D eigenvalue weighted by atomic mass is 35.5. The molecule has 1 aromatic rings. The van der Waals surface area contributed by atoms with Crippen molar-refractivity contribution >= 4 is 30.0 Å². The largest absolute Gasteiger partial charge is 0.341 e. The number of anilines is 1. The van der Waals surface area contributed by atoms with Gasteiger partial charge in [-0.05, 0) is 51.4 Å². The molecule has 134 valence electrons. The number of carbonyl (C=O) groups excluding carboxylic acids is 2. The van der Waals surface area contributed by atoms with Gasteiger partial charge in [-0.3, -0.25) is 4.79 Å². The Bertz CT molecular complexity index is 519. The molecule has 24 heavy (non-hydrogen) atoms. The highest BCUT2D eigenvalue weighted by Gasteiger charge is 2.26. The van der Waals surface area contributed by atoms with Gasteiger partial charge in [0, 0.05) is 18.8 Å². The molecule has 1 saturated heterocycles. The van der Waals surface area contributed by atoms with E-state index in [0.29, 0.717) is 11.6 Å². The topological polar surface area (TPSA) is 73.5 Å². The molecule has 1 aromatic carbocycles. The van der Waals surface area contributed by atoms with Crippen LogP contribution in [0, 0.1) is 5.92 Å². The number of carbonyl (C=O) groups is 2. The van der Waals surface area contributed by atoms with Crippen LogP contribution in [0.15, 0.2) is 30.3 Å². The van der Waals surface area contributed by atoms with Gasteiger partial charge in [-0.25, -0.2) is 4.79 Å². The van der Waals surface area contributed by atoms with Crippen LogP contribution in [0.2, 0.25) is 0 Å². The Morgan fingerprint density at radius 2 is 1.83 bits per heavy atom. The lowest BCUT2D eigenvalue weighted by Crippen LogP contribution is -2.50. The van der Waals surface area contributed by atoms with Crippen LogP contribution >= 0.6 is 12.4 Å². The molecule has 1 heterocycles. The Hall–Kier alpha value is -1.79. The van der Waals surface area contributed by atoms with Crippen molar-refractivity contribution in [2.45, 2.75) is 25.8 Å². The summed E-state index contributed by atoms with van der Waals surface area (Å²) in [5.74, 6) is 0.616. The fourth-order valence-electron chi connectivity index (χ4n) is 2.87. The third kappa shape index (κ3) is 6.02. The van der Waals surface area contributed by atoms with Gasteiger partial charge in [-0.2, -0.15) is 0 Å². The smallest absolute Gasteiger partial charge is 0.319 e. The van der Waals surface area contributed by atoms with Crippen LogP contribution in [-0.4, -0.2) is 49.6 Å². The van der Waals surface area contributed by atoms with Crippen LogP contribution in [0.4, 0.5) is 10.5 Å². The van der Waals surface area contributed by atoms with Crippen molar-refractivity contribution in [3.63, 3.8) is 0 Å². The van der Waals surface area contributed by atoms with Crippen LogP contribution in [0.3, 0.4) is 0 Å². The van der Waals surface area contributed by atoms with Gasteiger partial charge in [0.2, 0.25) is 5.91 Å². The van der Waals surface area contributed by atoms with E-state index >= 15 is 0 Å². The van der Waals surface area contributed by atoms with Crippen LogP contribution in [0.5, 0.6) is 0 Å². The van der Waals surface area contributed by atoms with Crippen molar-refractivity contribution < 1.29 is 9.59 Å². The van der Waals surface area contributed by atoms with E-state index in [0.717, 1.165) is 32.5 Å². The van der Waals surface area contributed by atoms with Gasteiger partial charge in [0.25, 0.3) is 0 Å². The highest BCUT2D eigenvalue weighted by Crippen LogP contribution is 2.17. The summed E-state index contributed by atoms with van der Waals surface area (Å²) in [7, 11) is 1.95. The highest BCUT2D eigenvalue weighted by molar-refractivity contribution is 5.93. The van der Waals surface area contributed by atoms with Gasteiger partial charge in [0.15, 0.2) is 0 Å². The van der Waals surface area contributed by atoms with E-state index in [1.54, 1.807) is 19.1 Å². The molecule has 2 rings (SSSR count). The lowest BCUT2D eigenvalue weighted by atomic mass is 9.96. The first-order valence-electron chi connectivity index (χ1n) is 8.16. The van der Waals surface area contributed by atoms with E-state index in [1.165, 1.54) is 0 Å². The molecule has 0 spiro atoms. The first-order chi connectivity index (χ1) is 11.1. The molecule has 6 nitrogen and oxygen atoms in total. The fraction of sp³-hybridized carbons (Fsp3) is 0.529. The van der Waals surface area contributed by atoms with E-state index < -0.39 is 6.04 Å². The van der Waals surface area contributed by atoms with Gasteiger partial charge in [-0.15, -0.1) is 12.4 Å². The second-order valence-electron chi connectivity index (χ2n) is 6.01. The fourth-order valence-corrected chi connectivity index (χ4v) is 2.87. The number of urea groups is 1. The summed E-state index contributed by atoms with van der Waals surface area (Å²) in [5, 5.41) is 8.62. The molecule has 1 unspecified atom stereocenters. The van der Waals surface area contributed by atoms with Crippen LogP contribution in [0.1, 0.15) is 19.8 Å². The molecule has 3 N–H and O–H groups in total. The number of nitrogens with one attached hydrogen (secondary N) is 3. The summed E-state index contributed by atoms with van der Waals surface area (Å²) in [6, 6.07) is 8.30. The number of nitrogens with zero attached hydrogens (tertiary/aromatic N) is 1. The molecule has 0 saturated carbocycles. The van der Waals surface area contributed by atoms with Crippen molar-refractivity contribution in [3.8, 4) is 0 Å². The molecule has 1 fully saturated rings. The van der Waals surface area contributed by atoms with E-state index in [9.17, 15) is 9.59 Å². The SMILES string of the molecule is CNCC1CCN(C(=O)C(C)NC(=O)Nc2ccccc2)CC1.Cl. The van der Waals surface area contributed by atoms with Crippen molar-refractivity contribution in [3.05, 3.63) is 30.3 Å². The third-order valence-corrected chi connectivity index (χ3v) is 4.17. The Balaban J connectivity index is 0.00000288. The molecule has 0 aromatic heterocycles. The average Bonchev–Trinajstić information content (AvgIpc) is 2.56. The zero-order chi connectivity index (χ0) is 16.7. The van der Waals surface area contributed by atoms with E-state index in [2.05, 4.69) is 16.0 Å². The Morgan fingerprint density at radius 1 is 1.21 bits per heavy atom. The van der Waals surface area contributed by atoms with Gasteiger partial charge in [0.1, 0.15) is 6.04 Å². The van der Waals surface area contributed by atoms with E-state index in [1.807, 2.05) is 30.1 Å². The minimum absolute atomic E-state index is 0. The first-order valence-corrected chi connectivity index (χ1v) is 8.16. The number of hydrogen-bond acceptors (Lipinski definition) is 3. The molecule has 0 radical (unpaired) electrons. The average molecular weight is 355 g/mol. The standard InChI is InChI=1S/C17H26N4O2.ClH/c1-13(19-17(23)20-15-6-4-3-5-7-15)16(22)21-10-8-14(9-11-21)12-18-2;/h3-7,13-14,18H,8-12H2,1-2H3,(H2,19,20,23);1H. The summed E-state index contributed by atoms with van der Waals surface area (Å²) in [6.45, 7) is 4.25. The van der Waals surface area contributed by atoms with Crippen LogP contribution in [0.25, 0.3) is 0 Å². The Morgan fingerprint density at radius 3 is 2.42 bits per heavy atom. The number of amides is 3. The zero-order valence-corrected chi connectivity index (χ0v) is 15.1. The summed E-state index contributed by atoms with van der Waals surface area (Å²) in [4.78, 5) is 26.2.